The third kappa shape index (κ3) is 4.21. The second-order valence-corrected chi connectivity index (χ2v) is 8.49. The minimum absolute atomic E-state index is 1.06. The van der Waals surface area contributed by atoms with E-state index in [-0.39, 0.29) is 0 Å². The molecule has 3 nitrogen and oxygen atoms in total. The zero-order valence-electron chi connectivity index (χ0n) is 21.1. The van der Waals surface area contributed by atoms with Gasteiger partial charge in [0.1, 0.15) is 5.69 Å². The lowest BCUT2D eigenvalue weighted by Crippen LogP contribution is -2.47. The average molecular weight is 408 g/mol. The number of rotatable bonds is 6. The van der Waals surface area contributed by atoms with Crippen molar-refractivity contribution >= 4 is 5.57 Å². The molecule has 0 radical (unpaired) electrons. The highest BCUT2D eigenvalue weighted by molar-refractivity contribution is 5.81. The molecule has 162 valence electrons. The highest BCUT2D eigenvalue weighted by Crippen LogP contribution is 2.33. The van der Waals surface area contributed by atoms with Gasteiger partial charge in [0.25, 0.3) is 0 Å². The van der Waals surface area contributed by atoms with Crippen LogP contribution in [0.1, 0.15) is 75.5 Å². The first-order valence-electron chi connectivity index (χ1n) is 11.2. The standard InChI is InChI=1S/C27H41N3/c1-12-15-18(4)21(7)26(24(13-2)14-3)27-22(8)19(5)16-25(29(27)11)30-23(9)20(6)17-28(30)10/h12,15-17H,13-14H2,1-11H3/q+2. The van der Waals surface area contributed by atoms with Gasteiger partial charge in [0, 0.05) is 23.2 Å². The molecule has 2 rings (SSSR count). The lowest BCUT2D eigenvalue weighted by Gasteiger charge is -2.20. The first-order chi connectivity index (χ1) is 14.1. The van der Waals surface area contributed by atoms with E-state index >= 15 is 0 Å². The third-order valence-corrected chi connectivity index (χ3v) is 6.60. The molecule has 0 saturated carbocycles. The molecule has 0 amide bonds. The Morgan fingerprint density at radius 1 is 1.00 bits per heavy atom. The molecule has 2 heterocycles. The molecule has 0 fully saturated rings. The second-order valence-electron chi connectivity index (χ2n) is 8.49. The van der Waals surface area contributed by atoms with Crippen LogP contribution in [0.25, 0.3) is 11.4 Å². The number of aromatic nitrogens is 3. The largest absolute Gasteiger partial charge is 0.343 e. The van der Waals surface area contributed by atoms with Crippen LogP contribution in [0.4, 0.5) is 0 Å². The predicted octanol–water partition coefficient (Wildman–Crippen LogP) is 5.85. The molecular formula is C27H41N3+2. The fraction of sp³-hybridized carbons (Fsp3) is 0.481. The Morgan fingerprint density at radius 3 is 2.07 bits per heavy atom. The molecule has 0 aliphatic carbocycles. The van der Waals surface area contributed by atoms with Gasteiger partial charge in [0.2, 0.25) is 6.20 Å². The van der Waals surface area contributed by atoms with Crippen molar-refractivity contribution in [3.05, 3.63) is 69.2 Å². The van der Waals surface area contributed by atoms with E-state index in [1.165, 1.54) is 56.2 Å². The average Bonchev–Trinajstić information content (AvgIpc) is 2.95. The van der Waals surface area contributed by atoms with Crippen LogP contribution in [-0.2, 0) is 14.1 Å². The van der Waals surface area contributed by atoms with E-state index in [2.05, 4.69) is 115 Å². The van der Waals surface area contributed by atoms with Crippen molar-refractivity contribution in [1.82, 2.24) is 4.68 Å². The van der Waals surface area contributed by atoms with Crippen LogP contribution in [0, 0.1) is 27.7 Å². The van der Waals surface area contributed by atoms with Crippen molar-refractivity contribution in [3.8, 4) is 5.82 Å². The highest BCUT2D eigenvalue weighted by atomic mass is 15.4. The van der Waals surface area contributed by atoms with Gasteiger partial charge in [-0.15, -0.1) is 0 Å². The predicted molar refractivity (Wildman–Crippen MR) is 128 cm³/mol. The number of hydrogen-bond donors (Lipinski definition) is 0. The molecule has 0 unspecified atom stereocenters. The van der Waals surface area contributed by atoms with Gasteiger partial charge < -0.3 is 0 Å². The summed E-state index contributed by atoms with van der Waals surface area (Å²) in [4.78, 5) is 0. The monoisotopic (exact) mass is 407 g/mol. The smallest absolute Gasteiger partial charge is 0.224 e. The van der Waals surface area contributed by atoms with Gasteiger partial charge in [0.05, 0.1) is 12.6 Å². The van der Waals surface area contributed by atoms with E-state index in [1.807, 2.05) is 0 Å². The third-order valence-electron chi connectivity index (χ3n) is 6.60. The van der Waals surface area contributed by atoms with E-state index in [1.54, 1.807) is 0 Å². The Kier molecular flexibility index (Phi) is 7.63. The number of hydrogen-bond acceptors (Lipinski definition) is 0. The lowest BCUT2D eigenvalue weighted by atomic mass is 9.88. The Labute approximate surface area is 184 Å². The molecule has 2 aromatic heterocycles. The van der Waals surface area contributed by atoms with Gasteiger partial charge in [-0.1, -0.05) is 31.6 Å². The van der Waals surface area contributed by atoms with Crippen LogP contribution in [0.5, 0.6) is 0 Å². The normalized spacial score (nSPS) is 12.5. The molecule has 0 N–H and O–H groups in total. The summed E-state index contributed by atoms with van der Waals surface area (Å²) in [6, 6.07) is 2.32. The van der Waals surface area contributed by atoms with Gasteiger partial charge in [0.15, 0.2) is 12.7 Å². The summed E-state index contributed by atoms with van der Waals surface area (Å²) in [5.74, 6) is 1.20. The zero-order valence-corrected chi connectivity index (χ0v) is 21.1. The SMILES string of the molecule is CC=CC(C)=C(C)C(=C(CC)CC)c1c(C)c(C)cc(-n2c(C)c(C)c[n+]2C)[n+]1C. The first-order valence-corrected chi connectivity index (χ1v) is 11.2. The maximum atomic E-state index is 2.39. The number of aryl methyl sites for hydroxylation is 3. The van der Waals surface area contributed by atoms with Crippen LogP contribution >= 0.6 is 0 Å². The summed E-state index contributed by atoms with van der Waals surface area (Å²) in [6.07, 6.45) is 8.68. The number of pyridine rings is 1. The first kappa shape index (κ1) is 23.9. The maximum absolute atomic E-state index is 2.39. The molecule has 0 saturated heterocycles. The van der Waals surface area contributed by atoms with Crippen molar-refractivity contribution in [2.45, 2.75) is 75.2 Å². The van der Waals surface area contributed by atoms with E-state index < -0.39 is 0 Å². The van der Waals surface area contributed by atoms with Gasteiger partial charge in [-0.3, -0.25) is 0 Å². The summed E-state index contributed by atoms with van der Waals surface area (Å²) in [7, 11) is 4.34. The fourth-order valence-corrected chi connectivity index (χ4v) is 4.46. The van der Waals surface area contributed by atoms with E-state index in [9.17, 15) is 0 Å². The van der Waals surface area contributed by atoms with Crippen LogP contribution in [0.2, 0.25) is 0 Å². The van der Waals surface area contributed by atoms with Gasteiger partial charge in [-0.05, 0) is 81.3 Å². The minimum Gasteiger partial charge on any atom is -0.224 e. The minimum atomic E-state index is 1.06. The van der Waals surface area contributed by atoms with E-state index in [0.29, 0.717) is 0 Å². The lowest BCUT2D eigenvalue weighted by molar-refractivity contribution is -0.766. The molecule has 0 aromatic carbocycles. The van der Waals surface area contributed by atoms with Crippen molar-refractivity contribution < 1.29 is 9.25 Å². The molecule has 0 aliphatic rings. The zero-order chi connectivity index (χ0) is 22.7. The molecule has 0 bridgehead atoms. The van der Waals surface area contributed by atoms with Crippen LogP contribution < -0.4 is 9.25 Å². The van der Waals surface area contributed by atoms with Crippen molar-refractivity contribution in [2.24, 2.45) is 14.1 Å². The van der Waals surface area contributed by atoms with Crippen molar-refractivity contribution in [2.75, 3.05) is 0 Å². The maximum Gasteiger partial charge on any atom is 0.343 e. The molecule has 0 atom stereocenters. The van der Waals surface area contributed by atoms with Gasteiger partial charge in [-0.2, -0.15) is 0 Å². The number of allylic oxidation sites excluding steroid dienone is 6. The highest BCUT2D eigenvalue weighted by Gasteiger charge is 2.30. The van der Waals surface area contributed by atoms with Crippen LogP contribution in [0.3, 0.4) is 0 Å². The second kappa shape index (κ2) is 9.59. The Balaban J connectivity index is 3.02. The Bertz CT molecular complexity index is 1040. The van der Waals surface area contributed by atoms with Crippen molar-refractivity contribution in [3.63, 3.8) is 0 Å². The van der Waals surface area contributed by atoms with Crippen LogP contribution in [-0.4, -0.2) is 4.68 Å². The molecular weight excluding hydrogens is 366 g/mol. The van der Waals surface area contributed by atoms with Gasteiger partial charge >= 0.3 is 5.82 Å². The summed E-state index contributed by atoms with van der Waals surface area (Å²) in [5.41, 5.74) is 12.2. The molecule has 0 aliphatic heterocycles. The Hall–Kier alpha value is -2.42. The molecule has 2 aromatic rings. The fourth-order valence-electron chi connectivity index (χ4n) is 4.46. The molecule has 3 heteroatoms. The van der Waals surface area contributed by atoms with E-state index in [4.69, 9.17) is 0 Å². The Morgan fingerprint density at radius 2 is 1.60 bits per heavy atom. The van der Waals surface area contributed by atoms with E-state index in [0.717, 1.165) is 12.8 Å². The summed E-state index contributed by atoms with van der Waals surface area (Å²) >= 11 is 0. The summed E-state index contributed by atoms with van der Waals surface area (Å²) < 4.78 is 6.90. The van der Waals surface area contributed by atoms with Gasteiger partial charge in [-0.25, -0.2) is 4.57 Å². The number of nitrogens with zero attached hydrogens (tertiary/aromatic N) is 3. The molecule has 30 heavy (non-hydrogen) atoms. The summed E-state index contributed by atoms with van der Waals surface area (Å²) in [6.45, 7) is 20.0. The summed E-state index contributed by atoms with van der Waals surface area (Å²) in [5, 5.41) is 0. The van der Waals surface area contributed by atoms with Crippen molar-refractivity contribution in [1.29, 1.82) is 0 Å². The quantitative estimate of drug-likeness (QED) is 0.421. The topological polar surface area (TPSA) is 12.7 Å². The van der Waals surface area contributed by atoms with Crippen LogP contribution in [0.15, 0.2) is 41.1 Å². The molecule has 0 spiro atoms.